The summed E-state index contributed by atoms with van der Waals surface area (Å²) in [5.74, 6) is -0.775. The summed E-state index contributed by atoms with van der Waals surface area (Å²) in [6, 6.07) is 11.6. The molecule has 2 aromatic rings. The maximum absolute atomic E-state index is 11.0. The Labute approximate surface area is 133 Å². The van der Waals surface area contributed by atoms with Gasteiger partial charge in [0.05, 0.1) is 10.5 Å². The molecule has 21 heavy (non-hydrogen) atoms. The number of hydrogen-bond acceptors (Lipinski definition) is 4. The average Bonchev–Trinajstić information content (AvgIpc) is 2.46. The van der Waals surface area contributed by atoms with Crippen molar-refractivity contribution < 1.29 is 14.8 Å². The summed E-state index contributed by atoms with van der Waals surface area (Å²) in [6.07, 6.45) is 0. The topological polar surface area (TPSA) is 80.4 Å². The Morgan fingerprint density at radius 3 is 2.48 bits per heavy atom. The van der Waals surface area contributed by atoms with Crippen LogP contribution in [0, 0.1) is 10.1 Å². The van der Waals surface area contributed by atoms with E-state index in [4.69, 9.17) is 5.11 Å². The van der Waals surface area contributed by atoms with Gasteiger partial charge in [-0.05, 0) is 30.3 Å². The quantitative estimate of drug-likeness (QED) is 0.482. The number of halogens is 1. The molecule has 2 rings (SSSR count). The van der Waals surface area contributed by atoms with Gasteiger partial charge in [0.1, 0.15) is 0 Å². The molecule has 0 spiro atoms. The summed E-state index contributed by atoms with van der Waals surface area (Å²) in [5.41, 5.74) is 0.247. The first-order chi connectivity index (χ1) is 9.97. The van der Waals surface area contributed by atoms with Crippen LogP contribution in [0.1, 0.15) is 15.9 Å². The molecule has 0 saturated heterocycles. The predicted octanol–water partition coefficient (Wildman–Crippen LogP) is 4.35. The fourth-order valence-electron chi connectivity index (χ4n) is 1.68. The number of carboxylic acid groups (broad SMARTS) is 1. The molecule has 2 aromatic carbocycles. The van der Waals surface area contributed by atoms with Crippen molar-refractivity contribution in [3.63, 3.8) is 0 Å². The van der Waals surface area contributed by atoms with Crippen molar-refractivity contribution in [2.75, 3.05) is 0 Å². The van der Waals surface area contributed by atoms with Gasteiger partial charge in [0, 0.05) is 26.8 Å². The summed E-state index contributed by atoms with van der Waals surface area (Å²) in [5, 5.41) is 19.9. The van der Waals surface area contributed by atoms with Crippen LogP contribution in [0.15, 0.2) is 51.8 Å². The number of nitrogens with zero attached hydrogens (tertiary/aromatic N) is 1. The molecule has 0 aliphatic rings. The summed E-state index contributed by atoms with van der Waals surface area (Å²) < 4.78 is 0.962. The van der Waals surface area contributed by atoms with Crippen LogP contribution in [0.2, 0.25) is 0 Å². The van der Waals surface area contributed by atoms with E-state index in [9.17, 15) is 14.9 Å². The van der Waals surface area contributed by atoms with Crippen LogP contribution in [-0.4, -0.2) is 16.0 Å². The van der Waals surface area contributed by atoms with Crippen molar-refractivity contribution in [1.82, 2.24) is 0 Å². The molecule has 0 saturated carbocycles. The van der Waals surface area contributed by atoms with Crippen molar-refractivity contribution in [3.05, 3.63) is 68.2 Å². The van der Waals surface area contributed by atoms with E-state index in [-0.39, 0.29) is 11.3 Å². The Morgan fingerprint density at radius 1 is 1.24 bits per heavy atom. The maximum atomic E-state index is 11.0. The standard InChI is InChI=1S/C14H10BrNO4S/c15-11-3-5-12(6-4-11)21-8-10-2-1-9(14(17)18)7-13(10)16(19)20/h1-7H,8H2,(H,17,18). The lowest BCUT2D eigenvalue weighted by atomic mass is 10.1. The number of nitro groups is 1. The third-order valence-electron chi connectivity index (χ3n) is 2.74. The molecule has 0 bridgehead atoms. The van der Waals surface area contributed by atoms with Crippen molar-refractivity contribution in [3.8, 4) is 0 Å². The van der Waals surface area contributed by atoms with Gasteiger partial charge in [-0.15, -0.1) is 11.8 Å². The molecule has 0 unspecified atom stereocenters. The number of carboxylic acids is 1. The second-order valence-corrected chi connectivity index (χ2v) is 6.11. The lowest BCUT2D eigenvalue weighted by molar-refractivity contribution is -0.385. The Hall–Kier alpha value is -1.86. The van der Waals surface area contributed by atoms with Gasteiger partial charge in [-0.1, -0.05) is 22.0 Å². The molecule has 5 nitrogen and oxygen atoms in total. The summed E-state index contributed by atoms with van der Waals surface area (Å²) in [4.78, 5) is 22.3. The molecule has 0 atom stereocenters. The highest BCUT2D eigenvalue weighted by atomic mass is 79.9. The highest BCUT2D eigenvalue weighted by Gasteiger charge is 2.17. The first-order valence-electron chi connectivity index (χ1n) is 5.86. The smallest absolute Gasteiger partial charge is 0.335 e. The van der Waals surface area contributed by atoms with E-state index < -0.39 is 10.9 Å². The van der Waals surface area contributed by atoms with E-state index in [0.717, 1.165) is 15.4 Å². The highest BCUT2D eigenvalue weighted by molar-refractivity contribution is 9.10. The maximum Gasteiger partial charge on any atom is 0.335 e. The van der Waals surface area contributed by atoms with Gasteiger partial charge in [0.15, 0.2) is 0 Å². The second kappa shape index (κ2) is 6.73. The van der Waals surface area contributed by atoms with E-state index in [1.807, 2.05) is 24.3 Å². The van der Waals surface area contributed by atoms with Crippen molar-refractivity contribution in [2.45, 2.75) is 10.6 Å². The van der Waals surface area contributed by atoms with Gasteiger partial charge in [-0.2, -0.15) is 0 Å². The number of rotatable bonds is 5. The summed E-state index contributed by atoms with van der Waals surface area (Å²) in [6.45, 7) is 0. The van der Waals surface area contributed by atoms with Crippen molar-refractivity contribution >= 4 is 39.3 Å². The third-order valence-corrected chi connectivity index (χ3v) is 4.33. The minimum atomic E-state index is -1.18. The fourth-order valence-corrected chi connectivity index (χ4v) is 2.84. The summed E-state index contributed by atoms with van der Waals surface area (Å²) in [7, 11) is 0. The molecule has 0 aromatic heterocycles. The van der Waals surface area contributed by atoms with Crippen LogP contribution in [-0.2, 0) is 5.75 Å². The highest BCUT2D eigenvalue weighted by Crippen LogP contribution is 2.29. The number of benzene rings is 2. The largest absolute Gasteiger partial charge is 0.478 e. The van der Waals surface area contributed by atoms with E-state index in [0.29, 0.717) is 11.3 Å². The monoisotopic (exact) mass is 367 g/mol. The van der Waals surface area contributed by atoms with Gasteiger partial charge in [0.25, 0.3) is 5.69 Å². The molecule has 0 aliphatic heterocycles. The molecule has 0 heterocycles. The van der Waals surface area contributed by atoms with Gasteiger partial charge in [0.2, 0.25) is 0 Å². The lowest BCUT2D eigenvalue weighted by Gasteiger charge is -2.05. The zero-order valence-corrected chi connectivity index (χ0v) is 13.1. The molecule has 108 valence electrons. The SMILES string of the molecule is O=C(O)c1ccc(CSc2ccc(Br)cc2)c([N+](=O)[O-])c1. The van der Waals surface area contributed by atoms with E-state index in [1.165, 1.54) is 23.9 Å². The molecular formula is C14H10BrNO4S. The minimum Gasteiger partial charge on any atom is -0.478 e. The van der Waals surface area contributed by atoms with Crippen molar-refractivity contribution in [2.24, 2.45) is 0 Å². The lowest BCUT2D eigenvalue weighted by Crippen LogP contribution is -2.00. The zero-order chi connectivity index (χ0) is 15.4. The first kappa shape index (κ1) is 15.5. The molecule has 0 amide bonds. The molecule has 7 heteroatoms. The summed E-state index contributed by atoms with van der Waals surface area (Å²) >= 11 is 4.79. The normalized spacial score (nSPS) is 10.3. The van der Waals surface area contributed by atoms with Gasteiger partial charge in [-0.25, -0.2) is 4.79 Å². The van der Waals surface area contributed by atoms with E-state index in [1.54, 1.807) is 0 Å². The van der Waals surface area contributed by atoms with Crippen LogP contribution < -0.4 is 0 Å². The van der Waals surface area contributed by atoms with Gasteiger partial charge in [-0.3, -0.25) is 10.1 Å². The molecular weight excluding hydrogens is 358 g/mol. The Morgan fingerprint density at radius 2 is 1.90 bits per heavy atom. The van der Waals surface area contributed by atoms with Crippen LogP contribution in [0.25, 0.3) is 0 Å². The third kappa shape index (κ3) is 4.05. The average molecular weight is 368 g/mol. The fraction of sp³-hybridized carbons (Fsp3) is 0.0714. The molecule has 1 N–H and O–H groups in total. The number of carbonyl (C=O) groups is 1. The number of nitro benzene ring substituents is 1. The zero-order valence-electron chi connectivity index (χ0n) is 10.7. The van der Waals surface area contributed by atoms with E-state index in [2.05, 4.69) is 15.9 Å². The van der Waals surface area contributed by atoms with Gasteiger partial charge >= 0.3 is 5.97 Å². The van der Waals surface area contributed by atoms with Crippen LogP contribution >= 0.6 is 27.7 Å². The number of hydrogen-bond donors (Lipinski definition) is 1. The van der Waals surface area contributed by atoms with Crippen molar-refractivity contribution in [1.29, 1.82) is 0 Å². The number of thioether (sulfide) groups is 1. The van der Waals surface area contributed by atoms with Crippen LogP contribution in [0.5, 0.6) is 0 Å². The van der Waals surface area contributed by atoms with E-state index >= 15 is 0 Å². The van der Waals surface area contributed by atoms with Crippen LogP contribution in [0.4, 0.5) is 5.69 Å². The minimum absolute atomic E-state index is 0.0842. The Bertz CT molecular complexity index is 688. The molecule has 0 fully saturated rings. The van der Waals surface area contributed by atoms with Gasteiger partial charge < -0.3 is 5.11 Å². The Kier molecular flexibility index (Phi) is 4.98. The molecule has 0 aliphatic carbocycles. The molecule has 0 radical (unpaired) electrons. The number of aromatic carboxylic acids is 1. The Balaban J connectivity index is 2.21. The van der Waals surface area contributed by atoms with Crippen LogP contribution in [0.3, 0.4) is 0 Å². The predicted molar refractivity (Wildman–Crippen MR) is 83.8 cm³/mol. The first-order valence-corrected chi connectivity index (χ1v) is 7.64. The second-order valence-electron chi connectivity index (χ2n) is 4.15.